The fraction of sp³-hybridized carbons (Fsp3) is 0.167. The van der Waals surface area contributed by atoms with Crippen molar-refractivity contribution in [2.24, 2.45) is 0 Å². The van der Waals surface area contributed by atoms with Gasteiger partial charge in [0.15, 0.2) is 0 Å². The third-order valence-corrected chi connectivity index (χ3v) is 4.31. The number of rotatable bonds is 6. The highest BCUT2D eigenvalue weighted by atomic mass is 32.2. The SMILES string of the molecule is Cc1cccc(C(=O)Nc2nnc(CCSc3ccccc3)o2)c1. The van der Waals surface area contributed by atoms with Crippen molar-refractivity contribution in [2.75, 3.05) is 11.1 Å². The van der Waals surface area contributed by atoms with Gasteiger partial charge in [-0.1, -0.05) is 41.0 Å². The Bertz CT molecular complexity index is 818. The number of aryl methyl sites for hydroxylation is 2. The molecule has 0 aliphatic heterocycles. The molecular weight excluding hydrogens is 322 g/mol. The number of hydrogen-bond donors (Lipinski definition) is 1. The van der Waals surface area contributed by atoms with E-state index >= 15 is 0 Å². The maximum atomic E-state index is 12.1. The summed E-state index contributed by atoms with van der Waals surface area (Å²) in [7, 11) is 0. The summed E-state index contributed by atoms with van der Waals surface area (Å²) in [5.41, 5.74) is 1.58. The number of thioether (sulfide) groups is 1. The Morgan fingerprint density at radius 2 is 1.96 bits per heavy atom. The van der Waals surface area contributed by atoms with Crippen LogP contribution in [0.25, 0.3) is 0 Å². The maximum Gasteiger partial charge on any atom is 0.322 e. The number of aromatic nitrogens is 2. The summed E-state index contributed by atoms with van der Waals surface area (Å²) in [5.74, 6) is 1.09. The van der Waals surface area contributed by atoms with Crippen molar-refractivity contribution in [3.63, 3.8) is 0 Å². The van der Waals surface area contributed by atoms with E-state index in [4.69, 9.17) is 4.42 Å². The number of carbonyl (C=O) groups is 1. The predicted molar refractivity (Wildman–Crippen MR) is 94.3 cm³/mol. The molecule has 0 saturated carbocycles. The van der Waals surface area contributed by atoms with E-state index in [0.717, 1.165) is 11.3 Å². The van der Waals surface area contributed by atoms with Crippen molar-refractivity contribution in [3.8, 4) is 0 Å². The van der Waals surface area contributed by atoms with E-state index < -0.39 is 0 Å². The molecule has 1 heterocycles. The van der Waals surface area contributed by atoms with Crippen LogP contribution in [0.3, 0.4) is 0 Å². The van der Waals surface area contributed by atoms with Gasteiger partial charge in [-0.05, 0) is 31.2 Å². The summed E-state index contributed by atoms with van der Waals surface area (Å²) < 4.78 is 5.48. The van der Waals surface area contributed by atoms with Crippen LogP contribution >= 0.6 is 11.8 Å². The molecule has 3 aromatic rings. The number of nitrogens with one attached hydrogen (secondary N) is 1. The Morgan fingerprint density at radius 3 is 2.75 bits per heavy atom. The number of hydrogen-bond acceptors (Lipinski definition) is 5. The zero-order valence-corrected chi connectivity index (χ0v) is 14.0. The number of anilines is 1. The zero-order chi connectivity index (χ0) is 16.8. The summed E-state index contributed by atoms with van der Waals surface area (Å²) in [6.45, 7) is 1.94. The lowest BCUT2D eigenvalue weighted by atomic mass is 10.1. The van der Waals surface area contributed by atoms with Gasteiger partial charge >= 0.3 is 6.01 Å². The average molecular weight is 339 g/mol. The predicted octanol–water partition coefficient (Wildman–Crippen LogP) is 3.97. The molecule has 0 aliphatic rings. The number of benzene rings is 2. The molecule has 3 rings (SSSR count). The van der Waals surface area contributed by atoms with E-state index in [1.807, 2.05) is 43.3 Å². The van der Waals surface area contributed by atoms with Crippen LogP contribution in [-0.4, -0.2) is 21.9 Å². The second-order valence-electron chi connectivity index (χ2n) is 5.24. The lowest BCUT2D eigenvalue weighted by Gasteiger charge is -2.01. The van der Waals surface area contributed by atoms with Crippen molar-refractivity contribution in [1.82, 2.24) is 10.2 Å². The molecular formula is C18H17N3O2S. The second-order valence-corrected chi connectivity index (χ2v) is 6.40. The number of carbonyl (C=O) groups excluding carboxylic acids is 1. The van der Waals surface area contributed by atoms with E-state index in [1.54, 1.807) is 17.8 Å². The third kappa shape index (κ3) is 4.45. The maximum absolute atomic E-state index is 12.1. The van der Waals surface area contributed by atoms with Crippen LogP contribution < -0.4 is 5.32 Å². The lowest BCUT2D eigenvalue weighted by molar-refractivity contribution is 0.102. The second kappa shape index (κ2) is 7.79. The third-order valence-electron chi connectivity index (χ3n) is 3.30. The van der Waals surface area contributed by atoms with Gasteiger partial charge in [0.2, 0.25) is 5.89 Å². The van der Waals surface area contributed by atoms with Crippen LogP contribution in [0.4, 0.5) is 6.01 Å². The molecule has 0 bridgehead atoms. The first kappa shape index (κ1) is 16.3. The molecule has 24 heavy (non-hydrogen) atoms. The van der Waals surface area contributed by atoms with Crippen molar-refractivity contribution >= 4 is 23.7 Å². The molecule has 0 aliphatic carbocycles. The lowest BCUT2D eigenvalue weighted by Crippen LogP contribution is -2.12. The van der Waals surface area contributed by atoms with Gasteiger partial charge in [-0.2, -0.15) is 0 Å². The van der Waals surface area contributed by atoms with Crippen molar-refractivity contribution in [1.29, 1.82) is 0 Å². The minimum atomic E-state index is -0.257. The molecule has 1 N–H and O–H groups in total. The summed E-state index contributed by atoms with van der Waals surface area (Å²) in [5, 5.41) is 10.5. The largest absolute Gasteiger partial charge is 0.408 e. The highest BCUT2D eigenvalue weighted by Crippen LogP contribution is 2.18. The number of amides is 1. The molecule has 1 aromatic heterocycles. The van der Waals surface area contributed by atoms with Gasteiger partial charge in [-0.15, -0.1) is 16.9 Å². The first-order valence-electron chi connectivity index (χ1n) is 7.59. The fourth-order valence-electron chi connectivity index (χ4n) is 2.13. The standard InChI is InChI=1S/C18H17N3O2S/c1-13-6-5-7-14(12-13)17(22)19-18-21-20-16(23-18)10-11-24-15-8-3-2-4-9-15/h2-9,12H,10-11H2,1H3,(H,19,21,22). The molecule has 0 fully saturated rings. The van der Waals surface area contributed by atoms with Gasteiger partial charge in [0, 0.05) is 22.6 Å². The first-order chi connectivity index (χ1) is 11.7. The molecule has 0 radical (unpaired) electrons. The Labute approximate surface area is 144 Å². The topological polar surface area (TPSA) is 68.0 Å². The van der Waals surface area contributed by atoms with Gasteiger partial charge in [0.05, 0.1) is 0 Å². The molecule has 0 unspecified atom stereocenters. The summed E-state index contributed by atoms with van der Waals surface area (Å²) in [6, 6.07) is 17.6. The van der Waals surface area contributed by atoms with Crippen LogP contribution in [0, 0.1) is 6.92 Å². The van der Waals surface area contributed by atoms with Gasteiger partial charge in [-0.3, -0.25) is 10.1 Å². The first-order valence-corrected chi connectivity index (χ1v) is 8.57. The van der Waals surface area contributed by atoms with E-state index in [0.29, 0.717) is 17.9 Å². The molecule has 0 spiro atoms. The molecule has 2 aromatic carbocycles. The highest BCUT2D eigenvalue weighted by molar-refractivity contribution is 7.99. The normalized spacial score (nSPS) is 10.5. The smallest absolute Gasteiger partial charge is 0.322 e. The van der Waals surface area contributed by atoms with Crippen LogP contribution in [0.1, 0.15) is 21.8 Å². The number of nitrogens with zero attached hydrogens (tertiary/aromatic N) is 2. The molecule has 122 valence electrons. The molecule has 5 nitrogen and oxygen atoms in total. The van der Waals surface area contributed by atoms with Gasteiger partial charge in [0.1, 0.15) is 0 Å². The van der Waals surface area contributed by atoms with E-state index in [9.17, 15) is 4.79 Å². The van der Waals surface area contributed by atoms with Crippen molar-refractivity contribution in [3.05, 3.63) is 71.6 Å². The Morgan fingerprint density at radius 1 is 1.12 bits per heavy atom. The Balaban J connectivity index is 1.53. The molecule has 0 saturated heterocycles. The molecule has 0 atom stereocenters. The Hall–Kier alpha value is -2.60. The van der Waals surface area contributed by atoms with E-state index in [-0.39, 0.29) is 11.9 Å². The average Bonchev–Trinajstić information content (AvgIpc) is 3.03. The van der Waals surface area contributed by atoms with Crippen LogP contribution in [0.15, 0.2) is 63.9 Å². The summed E-state index contributed by atoms with van der Waals surface area (Å²) in [6.07, 6.45) is 0.646. The zero-order valence-electron chi connectivity index (χ0n) is 13.2. The van der Waals surface area contributed by atoms with Crippen LogP contribution in [0.2, 0.25) is 0 Å². The van der Waals surface area contributed by atoms with Crippen molar-refractivity contribution in [2.45, 2.75) is 18.2 Å². The van der Waals surface area contributed by atoms with E-state index in [2.05, 4.69) is 27.6 Å². The fourth-order valence-corrected chi connectivity index (χ4v) is 3.00. The summed E-state index contributed by atoms with van der Waals surface area (Å²) >= 11 is 1.72. The summed E-state index contributed by atoms with van der Waals surface area (Å²) in [4.78, 5) is 13.3. The van der Waals surface area contributed by atoms with Crippen LogP contribution in [0.5, 0.6) is 0 Å². The minimum absolute atomic E-state index is 0.126. The quantitative estimate of drug-likeness (QED) is 0.688. The molecule has 1 amide bonds. The Kier molecular flexibility index (Phi) is 5.28. The van der Waals surface area contributed by atoms with Gasteiger partial charge in [-0.25, -0.2) is 0 Å². The minimum Gasteiger partial charge on any atom is -0.408 e. The van der Waals surface area contributed by atoms with E-state index in [1.165, 1.54) is 4.90 Å². The monoisotopic (exact) mass is 339 g/mol. The van der Waals surface area contributed by atoms with Crippen molar-refractivity contribution < 1.29 is 9.21 Å². The van der Waals surface area contributed by atoms with Crippen LogP contribution in [-0.2, 0) is 6.42 Å². The van der Waals surface area contributed by atoms with Gasteiger partial charge in [0.25, 0.3) is 5.91 Å². The highest BCUT2D eigenvalue weighted by Gasteiger charge is 2.11. The molecule has 6 heteroatoms. The van der Waals surface area contributed by atoms with Gasteiger partial charge < -0.3 is 4.42 Å².